The number of rotatable bonds is 7. The van der Waals surface area contributed by atoms with Gasteiger partial charge in [0, 0.05) is 30.4 Å². The molecule has 1 amide bonds. The van der Waals surface area contributed by atoms with Crippen molar-refractivity contribution in [2.75, 3.05) is 12.4 Å². The molecule has 0 aromatic carbocycles. The van der Waals surface area contributed by atoms with Crippen molar-refractivity contribution in [1.29, 1.82) is 0 Å². The molecule has 9 nitrogen and oxygen atoms in total. The molecule has 1 fully saturated rings. The van der Waals surface area contributed by atoms with Crippen molar-refractivity contribution < 1.29 is 31.1 Å². The van der Waals surface area contributed by atoms with E-state index in [1.807, 2.05) is 4.72 Å². The first-order chi connectivity index (χ1) is 15.4. The zero-order valence-electron chi connectivity index (χ0n) is 17.9. The third-order valence-corrected chi connectivity index (χ3v) is 6.62. The fourth-order valence-electron chi connectivity index (χ4n) is 3.56. The Kier molecular flexibility index (Phi) is 5.85. The van der Waals surface area contributed by atoms with Gasteiger partial charge in [-0.3, -0.25) is 9.25 Å². The zero-order chi connectivity index (χ0) is 24.0. The topological polar surface area (TPSA) is 108 Å². The Morgan fingerprint density at radius 2 is 2.06 bits per heavy atom. The summed E-state index contributed by atoms with van der Waals surface area (Å²) >= 11 is 0. The van der Waals surface area contributed by atoms with Crippen LogP contribution in [0.3, 0.4) is 0 Å². The number of hydrogen-bond acceptors (Lipinski definition) is 6. The van der Waals surface area contributed by atoms with Crippen LogP contribution in [0.2, 0.25) is 0 Å². The third-order valence-electron chi connectivity index (χ3n) is 5.40. The second kappa shape index (κ2) is 8.36. The number of aryl methyl sites for hydroxylation is 2. The number of hydrogen-bond donors (Lipinski definition) is 1. The maximum atomic E-state index is 13.0. The standard InChI is InChI=1S/C20H22F3N5O4S/c1-12-16(6-8-33(30,31)26-19(29)32-11-13-3-4-13)18(27(2)25-12)28-7-5-14-9-15(20(21,22)23)10-24-17(14)28/h5,7,9-10,13H,3-4,6,8,11H2,1-2H3,(H,26,29). The Morgan fingerprint density at radius 3 is 2.73 bits per heavy atom. The number of sulfonamides is 1. The van der Waals surface area contributed by atoms with Crippen LogP contribution in [0.1, 0.15) is 29.7 Å². The number of carbonyl (C=O) groups is 1. The number of nitrogens with one attached hydrogen (secondary N) is 1. The van der Waals surface area contributed by atoms with Gasteiger partial charge in [-0.1, -0.05) is 0 Å². The Balaban J connectivity index is 1.56. The fourth-order valence-corrected chi connectivity index (χ4v) is 4.44. The lowest BCUT2D eigenvalue weighted by Crippen LogP contribution is -2.34. The third kappa shape index (κ3) is 5.13. The van der Waals surface area contributed by atoms with Crippen LogP contribution in [-0.2, 0) is 34.4 Å². The monoisotopic (exact) mass is 485 g/mol. The van der Waals surface area contributed by atoms with E-state index in [0.29, 0.717) is 23.0 Å². The van der Waals surface area contributed by atoms with Gasteiger partial charge in [0.25, 0.3) is 0 Å². The van der Waals surface area contributed by atoms with Crippen molar-refractivity contribution in [3.05, 3.63) is 41.3 Å². The summed E-state index contributed by atoms with van der Waals surface area (Å²) in [6.45, 7) is 1.89. The van der Waals surface area contributed by atoms with Crippen LogP contribution in [0, 0.1) is 12.8 Å². The number of fused-ring (bicyclic) bond motifs is 1. The second-order valence-electron chi connectivity index (χ2n) is 8.04. The predicted molar refractivity (Wildman–Crippen MR) is 112 cm³/mol. The first kappa shape index (κ1) is 23.1. The largest absolute Gasteiger partial charge is 0.449 e. The van der Waals surface area contributed by atoms with Gasteiger partial charge in [-0.2, -0.15) is 18.3 Å². The van der Waals surface area contributed by atoms with Crippen molar-refractivity contribution >= 4 is 27.1 Å². The van der Waals surface area contributed by atoms with E-state index in [4.69, 9.17) is 4.74 Å². The van der Waals surface area contributed by atoms with Crippen LogP contribution >= 0.6 is 0 Å². The van der Waals surface area contributed by atoms with E-state index >= 15 is 0 Å². The molecule has 4 rings (SSSR count). The van der Waals surface area contributed by atoms with Crippen LogP contribution in [0.25, 0.3) is 16.9 Å². The van der Waals surface area contributed by atoms with E-state index < -0.39 is 33.6 Å². The summed E-state index contributed by atoms with van der Waals surface area (Å²) in [4.78, 5) is 15.7. The molecular weight excluding hydrogens is 463 g/mol. The average Bonchev–Trinajstić information content (AvgIpc) is 3.39. The van der Waals surface area contributed by atoms with Crippen LogP contribution in [-0.4, -0.2) is 46.2 Å². The van der Waals surface area contributed by atoms with E-state index in [9.17, 15) is 26.4 Å². The van der Waals surface area contributed by atoms with Gasteiger partial charge < -0.3 is 4.74 Å². The van der Waals surface area contributed by atoms with Gasteiger partial charge in [0.1, 0.15) is 11.5 Å². The number of pyridine rings is 1. The van der Waals surface area contributed by atoms with Crippen LogP contribution < -0.4 is 4.72 Å². The maximum absolute atomic E-state index is 13.0. The molecule has 1 saturated carbocycles. The minimum absolute atomic E-state index is 0.0144. The lowest BCUT2D eigenvalue weighted by Gasteiger charge is -2.11. The van der Waals surface area contributed by atoms with Crippen LogP contribution in [0.15, 0.2) is 24.5 Å². The first-order valence-corrected chi connectivity index (χ1v) is 11.8. The lowest BCUT2D eigenvalue weighted by atomic mass is 10.2. The number of amides is 1. The van der Waals surface area contributed by atoms with Crippen molar-refractivity contribution in [3.8, 4) is 5.82 Å². The summed E-state index contributed by atoms with van der Waals surface area (Å²) < 4.78 is 73.7. The highest BCUT2D eigenvalue weighted by Crippen LogP contribution is 2.32. The van der Waals surface area contributed by atoms with Crippen LogP contribution in [0.4, 0.5) is 18.0 Å². The highest BCUT2D eigenvalue weighted by Gasteiger charge is 2.31. The normalized spacial score (nSPS) is 14.6. The molecule has 1 N–H and O–H groups in total. The van der Waals surface area contributed by atoms with Crippen molar-refractivity contribution in [1.82, 2.24) is 24.1 Å². The second-order valence-corrected chi connectivity index (χ2v) is 9.89. The average molecular weight is 485 g/mol. The molecule has 0 saturated heterocycles. The maximum Gasteiger partial charge on any atom is 0.420 e. The summed E-state index contributed by atoms with van der Waals surface area (Å²) in [5.74, 6) is 0.369. The van der Waals surface area contributed by atoms with Gasteiger partial charge in [-0.25, -0.2) is 22.9 Å². The molecule has 3 aromatic heterocycles. The molecule has 33 heavy (non-hydrogen) atoms. The summed E-state index contributed by atoms with van der Waals surface area (Å²) in [6.07, 6.45) is -1.28. The number of ether oxygens (including phenoxy) is 1. The van der Waals surface area contributed by atoms with Crippen molar-refractivity contribution in [3.63, 3.8) is 0 Å². The lowest BCUT2D eigenvalue weighted by molar-refractivity contribution is -0.137. The fraction of sp³-hybridized carbons (Fsp3) is 0.450. The van der Waals surface area contributed by atoms with E-state index in [1.54, 1.807) is 24.7 Å². The van der Waals surface area contributed by atoms with E-state index in [0.717, 1.165) is 25.1 Å². The molecule has 0 spiro atoms. The molecule has 0 unspecified atom stereocenters. The van der Waals surface area contributed by atoms with Gasteiger partial charge >= 0.3 is 12.3 Å². The Morgan fingerprint density at radius 1 is 1.33 bits per heavy atom. The number of aromatic nitrogens is 4. The summed E-state index contributed by atoms with van der Waals surface area (Å²) in [6, 6.07) is 2.50. The molecule has 0 atom stereocenters. The molecule has 1 aliphatic rings. The first-order valence-electron chi connectivity index (χ1n) is 10.2. The molecule has 178 valence electrons. The number of carbonyl (C=O) groups excluding carboxylic acids is 1. The molecular formula is C20H22F3N5O4S. The van der Waals surface area contributed by atoms with Gasteiger partial charge in [0.15, 0.2) is 0 Å². The number of halogens is 3. The van der Waals surface area contributed by atoms with Gasteiger partial charge in [-0.05, 0) is 44.2 Å². The predicted octanol–water partition coefficient (Wildman–Crippen LogP) is 3.09. The highest BCUT2D eigenvalue weighted by atomic mass is 32.2. The minimum Gasteiger partial charge on any atom is -0.449 e. The minimum atomic E-state index is -4.52. The van der Waals surface area contributed by atoms with Crippen molar-refractivity contribution in [2.24, 2.45) is 13.0 Å². The zero-order valence-corrected chi connectivity index (χ0v) is 18.7. The highest BCUT2D eigenvalue weighted by molar-refractivity contribution is 7.90. The molecule has 0 radical (unpaired) electrons. The Bertz CT molecular complexity index is 1310. The number of nitrogens with zero attached hydrogens (tertiary/aromatic N) is 4. The van der Waals surface area contributed by atoms with E-state index in [-0.39, 0.29) is 24.1 Å². The van der Waals surface area contributed by atoms with E-state index in [2.05, 4.69) is 10.1 Å². The molecule has 3 heterocycles. The van der Waals surface area contributed by atoms with Gasteiger partial charge in [-0.15, -0.1) is 0 Å². The quantitative estimate of drug-likeness (QED) is 0.551. The Hall–Kier alpha value is -3.09. The van der Waals surface area contributed by atoms with Gasteiger partial charge in [0.2, 0.25) is 10.0 Å². The SMILES string of the molecule is Cc1nn(C)c(-n2ccc3cc(C(F)(F)F)cnc32)c1CCS(=O)(=O)NC(=O)OCC1CC1. The molecule has 13 heteroatoms. The van der Waals surface area contributed by atoms with Crippen LogP contribution in [0.5, 0.6) is 0 Å². The molecule has 1 aliphatic carbocycles. The molecule has 0 bridgehead atoms. The van der Waals surface area contributed by atoms with Gasteiger partial charge in [0.05, 0.1) is 23.6 Å². The Labute approximate surface area is 187 Å². The summed E-state index contributed by atoms with van der Waals surface area (Å²) in [7, 11) is -2.33. The summed E-state index contributed by atoms with van der Waals surface area (Å²) in [5, 5.41) is 4.61. The van der Waals surface area contributed by atoms with E-state index in [1.165, 1.54) is 10.7 Å². The molecule has 0 aliphatic heterocycles. The smallest absolute Gasteiger partial charge is 0.420 e. The number of alkyl halides is 3. The van der Waals surface area contributed by atoms with Crippen molar-refractivity contribution in [2.45, 2.75) is 32.4 Å². The summed E-state index contributed by atoms with van der Waals surface area (Å²) in [5.41, 5.74) is 0.526. The molecule has 3 aromatic rings.